The van der Waals surface area contributed by atoms with Gasteiger partial charge in [0.15, 0.2) is 0 Å². The molecule has 2 aliphatic rings. The van der Waals surface area contributed by atoms with Crippen LogP contribution in [0.4, 0.5) is 13.2 Å². The molecule has 0 bridgehead atoms. The van der Waals surface area contributed by atoms with Crippen LogP contribution in [0, 0.1) is 5.41 Å². The highest BCUT2D eigenvalue weighted by Crippen LogP contribution is 2.41. The first-order valence-electron chi connectivity index (χ1n) is 10.4. The van der Waals surface area contributed by atoms with E-state index >= 15 is 0 Å². The average Bonchev–Trinajstić information content (AvgIpc) is 3.44. The Hall–Kier alpha value is -3.08. The van der Waals surface area contributed by atoms with E-state index in [1.54, 1.807) is 7.11 Å². The third-order valence-corrected chi connectivity index (χ3v) is 5.95. The van der Waals surface area contributed by atoms with Gasteiger partial charge in [0, 0.05) is 45.0 Å². The first-order chi connectivity index (χ1) is 15.5. The summed E-state index contributed by atoms with van der Waals surface area (Å²) in [7, 11) is 3.61. The molecular weight excluding hydrogens is 441 g/mol. The van der Waals surface area contributed by atoms with Crippen molar-refractivity contribution in [3.05, 3.63) is 47.8 Å². The van der Waals surface area contributed by atoms with Crippen molar-refractivity contribution in [3.63, 3.8) is 0 Å². The number of rotatable bonds is 5. The van der Waals surface area contributed by atoms with Crippen molar-refractivity contribution < 1.29 is 32.6 Å². The van der Waals surface area contributed by atoms with Crippen LogP contribution in [0.2, 0.25) is 0 Å². The molecule has 1 spiro atoms. The molecule has 180 valence electrons. The van der Waals surface area contributed by atoms with Crippen molar-refractivity contribution in [2.45, 2.75) is 32.1 Å². The van der Waals surface area contributed by atoms with E-state index in [0.717, 1.165) is 50.3 Å². The lowest BCUT2D eigenvalue weighted by Crippen LogP contribution is -2.36. The SMILES string of the molecule is COc1cccc(CN2CCC3(CCN(Cc4cnn(C)c4)C3)C2=O)c1.O=C(O)C(F)(F)F. The molecule has 1 atom stereocenters. The van der Waals surface area contributed by atoms with Gasteiger partial charge in [-0.15, -0.1) is 0 Å². The summed E-state index contributed by atoms with van der Waals surface area (Å²) < 4.78 is 38.9. The summed E-state index contributed by atoms with van der Waals surface area (Å²) in [6.45, 7) is 4.22. The van der Waals surface area contributed by atoms with Gasteiger partial charge in [0.1, 0.15) is 5.75 Å². The van der Waals surface area contributed by atoms with Gasteiger partial charge in [0.25, 0.3) is 0 Å². The third-order valence-electron chi connectivity index (χ3n) is 5.95. The third kappa shape index (κ3) is 6.04. The Morgan fingerprint density at radius 3 is 2.52 bits per heavy atom. The predicted molar refractivity (Wildman–Crippen MR) is 112 cm³/mol. The van der Waals surface area contributed by atoms with Crippen LogP contribution >= 0.6 is 0 Å². The number of hydrogen-bond donors (Lipinski definition) is 1. The first kappa shape index (κ1) is 24.6. The lowest BCUT2D eigenvalue weighted by molar-refractivity contribution is -0.192. The van der Waals surface area contributed by atoms with Crippen LogP contribution in [0.25, 0.3) is 0 Å². The molecular formula is C22H27F3N4O4. The van der Waals surface area contributed by atoms with E-state index in [-0.39, 0.29) is 5.41 Å². The lowest BCUT2D eigenvalue weighted by Gasteiger charge is -2.24. The molecule has 1 unspecified atom stereocenters. The van der Waals surface area contributed by atoms with Gasteiger partial charge >= 0.3 is 12.1 Å². The highest BCUT2D eigenvalue weighted by Gasteiger charge is 2.50. The number of aryl methyl sites for hydroxylation is 1. The maximum absolute atomic E-state index is 13.1. The Kier molecular flexibility index (Phi) is 7.31. The molecule has 4 rings (SSSR count). The summed E-state index contributed by atoms with van der Waals surface area (Å²) in [5, 5.41) is 11.4. The average molecular weight is 468 g/mol. The van der Waals surface area contributed by atoms with Crippen LogP contribution in [0.1, 0.15) is 24.0 Å². The molecule has 1 aromatic carbocycles. The molecule has 8 nitrogen and oxygen atoms in total. The minimum absolute atomic E-state index is 0.193. The number of hydrogen-bond acceptors (Lipinski definition) is 5. The van der Waals surface area contributed by atoms with Crippen molar-refractivity contribution in [3.8, 4) is 5.75 Å². The second-order valence-electron chi connectivity index (χ2n) is 8.39. The highest BCUT2D eigenvalue weighted by molar-refractivity contribution is 5.85. The van der Waals surface area contributed by atoms with Crippen LogP contribution in [-0.2, 0) is 29.7 Å². The number of alkyl halides is 3. The summed E-state index contributed by atoms with van der Waals surface area (Å²) in [5.74, 6) is -1.60. The summed E-state index contributed by atoms with van der Waals surface area (Å²) >= 11 is 0. The van der Waals surface area contributed by atoms with E-state index in [1.165, 1.54) is 5.56 Å². The van der Waals surface area contributed by atoms with Gasteiger partial charge in [-0.25, -0.2) is 4.79 Å². The molecule has 0 aliphatic carbocycles. The van der Waals surface area contributed by atoms with Crippen LogP contribution in [0.15, 0.2) is 36.7 Å². The largest absolute Gasteiger partial charge is 0.497 e. The number of carbonyl (C=O) groups is 2. The maximum atomic E-state index is 13.1. The minimum atomic E-state index is -5.08. The van der Waals surface area contributed by atoms with Crippen molar-refractivity contribution in [1.29, 1.82) is 0 Å². The molecule has 1 amide bonds. The van der Waals surface area contributed by atoms with E-state index in [1.807, 2.05) is 41.0 Å². The number of aromatic nitrogens is 2. The number of likely N-dealkylation sites (tertiary alicyclic amines) is 2. The fraction of sp³-hybridized carbons (Fsp3) is 0.500. The van der Waals surface area contributed by atoms with Gasteiger partial charge in [-0.1, -0.05) is 12.1 Å². The molecule has 33 heavy (non-hydrogen) atoms. The number of nitrogens with zero attached hydrogens (tertiary/aromatic N) is 4. The number of aliphatic carboxylic acids is 1. The van der Waals surface area contributed by atoms with Crippen molar-refractivity contribution >= 4 is 11.9 Å². The summed E-state index contributed by atoms with van der Waals surface area (Å²) in [5.41, 5.74) is 2.14. The molecule has 2 fully saturated rings. The zero-order valence-corrected chi connectivity index (χ0v) is 18.5. The standard InChI is InChI=1S/C20H26N4O2.C2HF3O2/c1-22-12-17(11-21-22)13-23-8-6-20(15-23)7-9-24(19(20)25)14-16-4-3-5-18(10-16)26-2;3-2(4,5)1(6)7/h3-5,10-12H,6-9,13-15H2,1-2H3;(H,6,7). The molecule has 1 aromatic heterocycles. The number of carboxylic acids is 1. The zero-order valence-electron chi connectivity index (χ0n) is 18.5. The Labute approximate surface area is 189 Å². The van der Waals surface area contributed by atoms with Crippen LogP contribution < -0.4 is 4.74 Å². The fourth-order valence-electron chi connectivity index (χ4n) is 4.32. The number of carbonyl (C=O) groups excluding carboxylic acids is 1. The van der Waals surface area contributed by atoms with Crippen LogP contribution in [0.3, 0.4) is 0 Å². The quantitative estimate of drug-likeness (QED) is 0.726. The molecule has 1 N–H and O–H groups in total. The molecule has 0 saturated carbocycles. The molecule has 2 aliphatic heterocycles. The predicted octanol–water partition coefficient (Wildman–Crippen LogP) is 2.69. The van der Waals surface area contributed by atoms with Crippen molar-refractivity contribution in [1.82, 2.24) is 19.6 Å². The molecule has 3 heterocycles. The summed E-state index contributed by atoms with van der Waals surface area (Å²) in [4.78, 5) is 26.4. The summed E-state index contributed by atoms with van der Waals surface area (Å²) in [6, 6.07) is 7.99. The van der Waals surface area contributed by atoms with E-state index in [4.69, 9.17) is 14.6 Å². The molecule has 2 aromatic rings. The smallest absolute Gasteiger partial charge is 0.490 e. The first-order valence-corrected chi connectivity index (χ1v) is 10.4. The summed E-state index contributed by atoms with van der Waals surface area (Å²) in [6.07, 6.45) is 0.799. The monoisotopic (exact) mass is 468 g/mol. The van der Waals surface area contributed by atoms with Gasteiger partial charge in [0.2, 0.25) is 5.91 Å². The Morgan fingerprint density at radius 1 is 1.21 bits per heavy atom. The Bertz CT molecular complexity index is 994. The van der Waals surface area contributed by atoms with E-state index in [0.29, 0.717) is 12.5 Å². The van der Waals surface area contributed by atoms with Gasteiger partial charge in [-0.2, -0.15) is 18.3 Å². The normalized spacial score (nSPS) is 20.8. The molecule has 11 heteroatoms. The minimum Gasteiger partial charge on any atom is -0.497 e. The van der Waals surface area contributed by atoms with E-state index in [9.17, 15) is 18.0 Å². The highest BCUT2D eigenvalue weighted by atomic mass is 19.4. The van der Waals surface area contributed by atoms with Gasteiger partial charge in [-0.05, 0) is 37.1 Å². The second-order valence-corrected chi connectivity index (χ2v) is 8.39. The topological polar surface area (TPSA) is 87.9 Å². The Morgan fingerprint density at radius 2 is 1.91 bits per heavy atom. The number of methoxy groups -OCH3 is 1. The van der Waals surface area contributed by atoms with Crippen LogP contribution in [0.5, 0.6) is 5.75 Å². The fourth-order valence-corrected chi connectivity index (χ4v) is 4.32. The molecule has 0 radical (unpaired) electrons. The van der Waals surface area contributed by atoms with Gasteiger partial charge in [0.05, 0.1) is 18.7 Å². The van der Waals surface area contributed by atoms with Gasteiger partial charge < -0.3 is 14.7 Å². The van der Waals surface area contributed by atoms with Crippen molar-refractivity contribution in [2.24, 2.45) is 12.5 Å². The number of ether oxygens (including phenoxy) is 1. The lowest BCUT2D eigenvalue weighted by atomic mass is 9.85. The number of benzene rings is 1. The zero-order chi connectivity index (χ0) is 24.2. The van der Waals surface area contributed by atoms with E-state index in [2.05, 4.69) is 22.3 Å². The van der Waals surface area contributed by atoms with Gasteiger partial charge in [-0.3, -0.25) is 14.4 Å². The number of halogens is 3. The number of carboxylic acid groups (broad SMARTS) is 1. The van der Waals surface area contributed by atoms with E-state index < -0.39 is 12.1 Å². The number of amides is 1. The Balaban J connectivity index is 0.000000383. The second kappa shape index (κ2) is 9.82. The van der Waals surface area contributed by atoms with Crippen LogP contribution in [-0.4, -0.2) is 69.5 Å². The van der Waals surface area contributed by atoms with Crippen molar-refractivity contribution in [2.75, 3.05) is 26.7 Å². The maximum Gasteiger partial charge on any atom is 0.490 e. The molecule has 2 saturated heterocycles.